The van der Waals surface area contributed by atoms with Crippen molar-refractivity contribution < 1.29 is 19.0 Å². The van der Waals surface area contributed by atoms with Crippen molar-refractivity contribution in [2.45, 2.75) is 26.1 Å². The molecule has 0 radical (unpaired) electrons. The van der Waals surface area contributed by atoms with Crippen molar-refractivity contribution in [1.82, 2.24) is 0 Å². The molecular formula is C12H15FO3. The van der Waals surface area contributed by atoms with Gasteiger partial charge < -0.3 is 9.84 Å². The third kappa shape index (κ3) is 3.03. The number of alkyl halides is 1. The van der Waals surface area contributed by atoms with Gasteiger partial charge in [0.1, 0.15) is 6.10 Å². The van der Waals surface area contributed by atoms with E-state index in [4.69, 9.17) is 0 Å². The van der Waals surface area contributed by atoms with E-state index in [0.29, 0.717) is 5.56 Å². The minimum Gasteiger partial charge on any atom is -0.464 e. The number of benzene rings is 1. The Balaban J connectivity index is 2.73. The standard InChI is InChI=1S/C12H15FO3/c1-3-16-12(15)10(13)11(14)9-6-4-8(2)5-7-9/h4-7,10-11,14H,3H2,1-2H3. The molecule has 0 aliphatic heterocycles. The number of esters is 1. The van der Waals surface area contributed by atoms with E-state index in [9.17, 15) is 14.3 Å². The zero-order valence-electron chi connectivity index (χ0n) is 9.31. The van der Waals surface area contributed by atoms with Gasteiger partial charge in [-0.2, -0.15) is 0 Å². The van der Waals surface area contributed by atoms with Crippen molar-refractivity contribution >= 4 is 5.97 Å². The van der Waals surface area contributed by atoms with Crippen molar-refractivity contribution in [1.29, 1.82) is 0 Å². The summed E-state index contributed by atoms with van der Waals surface area (Å²) in [6.45, 7) is 3.57. The number of carbonyl (C=O) groups is 1. The summed E-state index contributed by atoms with van der Waals surface area (Å²) < 4.78 is 17.9. The van der Waals surface area contributed by atoms with Crippen LogP contribution in [0.2, 0.25) is 0 Å². The van der Waals surface area contributed by atoms with Crippen LogP contribution < -0.4 is 0 Å². The first-order valence-electron chi connectivity index (χ1n) is 5.11. The van der Waals surface area contributed by atoms with Gasteiger partial charge >= 0.3 is 5.97 Å². The molecule has 0 saturated carbocycles. The number of rotatable bonds is 4. The summed E-state index contributed by atoms with van der Waals surface area (Å²) in [5, 5.41) is 9.60. The van der Waals surface area contributed by atoms with Crippen LogP contribution in [-0.4, -0.2) is 23.9 Å². The zero-order chi connectivity index (χ0) is 12.1. The van der Waals surface area contributed by atoms with E-state index in [-0.39, 0.29) is 6.61 Å². The molecule has 1 N–H and O–H groups in total. The van der Waals surface area contributed by atoms with Crippen molar-refractivity contribution in [3.05, 3.63) is 35.4 Å². The molecule has 0 fully saturated rings. The fourth-order valence-electron chi connectivity index (χ4n) is 1.28. The average molecular weight is 226 g/mol. The van der Waals surface area contributed by atoms with Gasteiger partial charge in [-0.15, -0.1) is 0 Å². The number of halogens is 1. The van der Waals surface area contributed by atoms with Crippen LogP contribution in [0, 0.1) is 6.92 Å². The van der Waals surface area contributed by atoms with Crippen LogP contribution in [0.1, 0.15) is 24.2 Å². The highest BCUT2D eigenvalue weighted by molar-refractivity contribution is 5.75. The predicted octanol–water partition coefficient (Wildman–Crippen LogP) is 1.93. The first-order chi connectivity index (χ1) is 7.56. The van der Waals surface area contributed by atoms with Crippen LogP contribution in [0.15, 0.2) is 24.3 Å². The molecule has 0 spiro atoms. The zero-order valence-corrected chi connectivity index (χ0v) is 9.31. The predicted molar refractivity (Wildman–Crippen MR) is 57.7 cm³/mol. The summed E-state index contributed by atoms with van der Waals surface area (Å²) in [6.07, 6.45) is -3.51. The van der Waals surface area contributed by atoms with E-state index in [1.807, 2.05) is 6.92 Å². The van der Waals surface area contributed by atoms with E-state index in [0.717, 1.165) is 5.56 Å². The lowest BCUT2D eigenvalue weighted by Gasteiger charge is -2.14. The quantitative estimate of drug-likeness (QED) is 0.798. The second kappa shape index (κ2) is 5.61. The molecule has 0 aromatic heterocycles. The molecule has 2 atom stereocenters. The molecule has 1 rings (SSSR count). The van der Waals surface area contributed by atoms with Crippen molar-refractivity contribution in [2.24, 2.45) is 0 Å². The molecule has 4 heteroatoms. The first-order valence-corrected chi connectivity index (χ1v) is 5.11. The Morgan fingerprint density at radius 1 is 1.44 bits per heavy atom. The van der Waals surface area contributed by atoms with Gasteiger partial charge in [0.2, 0.25) is 6.17 Å². The number of carbonyl (C=O) groups excluding carboxylic acids is 1. The molecule has 1 aromatic rings. The van der Waals surface area contributed by atoms with E-state index >= 15 is 0 Å². The first kappa shape index (κ1) is 12.6. The second-order valence-corrected chi connectivity index (χ2v) is 3.51. The molecule has 16 heavy (non-hydrogen) atoms. The maximum Gasteiger partial charge on any atom is 0.343 e. The molecule has 0 amide bonds. The normalized spacial score (nSPS) is 14.2. The van der Waals surface area contributed by atoms with Crippen LogP contribution in [0.4, 0.5) is 4.39 Å². The summed E-state index contributed by atoms with van der Waals surface area (Å²) in [6, 6.07) is 6.67. The molecule has 2 unspecified atom stereocenters. The van der Waals surface area contributed by atoms with Gasteiger partial charge in [0.05, 0.1) is 6.61 Å². The summed E-state index contributed by atoms with van der Waals surface area (Å²) in [4.78, 5) is 11.1. The highest BCUT2D eigenvalue weighted by atomic mass is 19.1. The Bertz CT molecular complexity index is 348. The van der Waals surface area contributed by atoms with Gasteiger partial charge in [-0.05, 0) is 19.4 Å². The third-order valence-electron chi connectivity index (χ3n) is 2.21. The van der Waals surface area contributed by atoms with Crippen LogP contribution in [0.5, 0.6) is 0 Å². The molecule has 1 aromatic carbocycles. The lowest BCUT2D eigenvalue weighted by atomic mass is 10.0. The summed E-state index contributed by atoms with van der Waals surface area (Å²) in [5.74, 6) is -1.03. The highest BCUT2D eigenvalue weighted by Gasteiger charge is 2.28. The molecular weight excluding hydrogens is 211 g/mol. The summed E-state index contributed by atoms with van der Waals surface area (Å²) >= 11 is 0. The fraction of sp³-hybridized carbons (Fsp3) is 0.417. The maximum absolute atomic E-state index is 13.4. The van der Waals surface area contributed by atoms with Gasteiger partial charge in [0.25, 0.3) is 0 Å². The smallest absolute Gasteiger partial charge is 0.343 e. The van der Waals surface area contributed by atoms with E-state index in [1.54, 1.807) is 31.2 Å². The molecule has 0 heterocycles. The van der Waals surface area contributed by atoms with Crippen molar-refractivity contribution in [3.8, 4) is 0 Å². The number of aliphatic hydroxyl groups excluding tert-OH is 1. The lowest BCUT2D eigenvalue weighted by molar-refractivity contribution is -0.153. The average Bonchev–Trinajstić information content (AvgIpc) is 2.28. The Morgan fingerprint density at radius 2 is 2.00 bits per heavy atom. The van der Waals surface area contributed by atoms with Crippen molar-refractivity contribution in [3.63, 3.8) is 0 Å². The van der Waals surface area contributed by atoms with Gasteiger partial charge in [-0.1, -0.05) is 29.8 Å². The third-order valence-corrected chi connectivity index (χ3v) is 2.21. The van der Waals surface area contributed by atoms with Crippen molar-refractivity contribution in [2.75, 3.05) is 6.61 Å². The molecule has 0 bridgehead atoms. The van der Waals surface area contributed by atoms with Crippen LogP contribution in [-0.2, 0) is 9.53 Å². The Kier molecular flexibility index (Phi) is 4.43. The largest absolute Gasteiger partial charge is 0.464 e. The number of aryl methyl sites for hydroxylation is 1. The maximum atomic E-state index is 13.4. The van der Waals surface area contributed by atoms with Gasteiger partial charge in [0.15, 0.2) is 0 Å². The number of hydrogen-bond acceptors (Lipinski definition) is 3. The minimum absolute atomic E-state index is 0.0971. The van der Waals surface area contributed by atoms with Gasteiger partial charge in [-0.25, -0.2) is 9.18 Å². The Labute approximate surface area is 93.9 Å². The summed E-state index contributed by atoms with van der Waals surface area (Å²) in [7, 11) is 0. The molecule has 0 aliphatic rings. The number of hydrogen-bond donors (Lipinski definition) is 1. The Hall–Kier alpha value is -1.42. The van der Waals surface area contributed by atoms with E-state index in [1.165, 1.54) is 0 Å². The Morgan fingerprint density at radius 3 is 2.50 bits per heavy atom. The number of aliphatic hydroxyl groups is 1. The molecule has 88 valence electrons. The molecule has 0 saturated heterocycles. The van der Waals surface area contributed by atoms with E-state index < -0.39 is 18.2 Å². The van der Waals surface area contributed by atoms with Gasteiger partial charge in [-0.3, -0.25) is 0 Å². The topological polar surface area (TPSA) is 46.5 Å². The molecule has 3 nitrogen and oxygen atoms in total. The molecule has 0 aliphatic carbocycles. The minimum atomic E-state index is -2.04. The SMILES string of the molecule is CCOC(=O)C(F)C(O)c1ccc(C)cc1. The van der Waals surface area contributed by atoms with E-state index in [2.05, 4.69) is 4.74 Å². The van der Waals surface area contributed by atoms with Crippen LogP contribution in [0.3, 0.4) is 0 Å². The number of ether oxygens (including phenoxy) is 1. The van der Waals surface area contributed by atoms with Gasteiger partial charge in [0, 0.05) is 0 Å². The van der Waals surface area contributed by atoms with Crippen LogP contribution in [0.25, 0.3) is 0 Å². The summed E-state index contributed by atoms with van der Waals surface area (Å²) in [5.41, 5.74) is 1.37. The second-order valence-electron chi connectivity index (χ2n) is 3.51. The lowest BCUT2D eigenvalue weighted by Crippen LogP contribution is -2.26. The highest BCUT2D eigenvalue weighted by Crippen LogP contribution is 2.20. The monoisotopic (exact) mass is 226 g/mol. The fourth-order valence-corrected chi connectivity index (χ4v) is 1.28. The van der Waals surface area contributed by atoms with Crippen LogP contribution >= 0.6 is 0 Å².